The van der Waals surface area contributed by atoms with Crippen LogP contribution in [0.5, 0.6) is 0 Å². The molecule has 0 bridgehead atoms. The lowest BCUT2D eigenvalue weighted by atomic mass is 10.2. The molecule has 0 aromatic heterocycles. The lowest BCUT2D eigenvalue weighted by Crippen LogP contribution is -2.38. The van der Waals surface area contributed by atoms with E-state index in [0.717, 1.165) is 12.8 Å². The van der Waals surface area contributed by atoms with Gasteiger partial charge in [0.15, 0.2) is 0 Å². The summed E-state index contributed by atoms with van der Waals surface area (Å²) in [6, 6.07) is -0.336. The lowest BCUT2D eigenvalue weighted by Gasteiger charge is -2.15. The van der Waals surface area contributed by atoms with Gasteiger partial charge in [0.05, 0.1) is 5.29 Å². The number of carbonyl (C=O) groups excluding carboxylic acids is 1. The van der Waals surface area contributed by atoms with Gasteiger partial charge in [-0.25, -0.2) is 5.01 Å². The molecule has 0 aromatic carbocycles. The number of nitrogens with zero attached hydrogens (tertiary/aromatic N) is 2. The van der Waals surface area contributed by atoms with Crippen molar-refractivity contribution in [1.82, 2.24) is 10.3 Å². The average Bonchev–Trinajstić information content (AvgIpc) is 2.50. The first kappa shape index (κ1) is 7.97. The number of amides is 1. The van der Waals surface area contributed by atoms with E-state index in [0.29, 0.717) is 6.54 Å². The molecule has 1 aliphatic rings. The van der Waals surface area contributed by atoms with Crippen LogP contribution < -0.4 is 5.32 Å². The topological polar surface area (TPSA) is 61.8 Å². The first-order valence-corrected chi connectivity index (χ1v) is 3.61. The van der Waals surface area contributed by atoms with Gasteiger partial charge >= 0.3 is 0 Å². The molecular formula is C6H11N3O2. The zero-order chi connectivity index (χ0) is 8.27. The Balaban J connectivity index is 2.56. The number of nitroso groups, excluding NO2 is 1. The van der Waals surface area contributed by atoms with Crippen LogP contribution in [0.25, 0.3) is 0 Å². The summed E-state index contributed by atoms with van der Waals surface area (Å²) in [4.78, 5) is 21.2. The Morgan fingerprint density at radius 2 is 2.45 bits per heavy atom. The standard InChI is InChI=1S/C6H11N3O2/c1-7-6(10)5-3-2-4-9(5)8-11/h5H,2-4H2,1H3,(H,7,10). The highest BCUT2D eigenvalue weighted by atomic mass is 16.3. The summed E-state index contributed by atoms with van der Waals surface area (Å²) < 4.78 is 0. The average molecular weight is 157 g/mol. The van der Waals surface area contributed by atoms with E-state index >= 15 is 0 Å². The Bertz CT molecular complexity index is 171. The SMILES string of the molecule is CNC(=O)C1CCCN1N=O. The number of rotatable bonds is 2. The Hall–Kier alpha value is -1.13. The van der Waals surface area contributed by atoms with Crippen LogP contribution in [0.15, 0.2) is 5.29 Å². The molecule has 1 heterocycles. The molecule has 5 nitrogen and oxygen atoms in total. The first-order valence-electron chi connectivity index (χ1n) is 3.61. The number of hydrogen-bond donors (Lipinski definition) is 1. The van der Waals surface area contributed by atoms with Crippen LogP contribution in [0.1, 0.15) is 12.8 Å². The van der Waals surface area contributed by atoms with E-state index in [2.05, 4.69) is 10.6 Å². The monoisotopic (exact) mass is 157 g/mol. The molecule has 1 N–H and O–H groups in total. The molecule has 1 aliphatic heterocycles. The number of carbonyl (C=O) groups is 1. The molecule has 0 saturated carbocycles. The van der Waals surface area contributed by atoms with Crippen molar-refractivity contribution in [1.29, 1.82) is 0 Å². The molecule has 62 valence electrons. The van der Waals surface area contributed by atoms with Crippen molar-refractivity contribution in [3.05, 3.63) is 4.91 Å². The van der Waals surface area contributed by atoms with Crippen molar-refractivity contribution in [2.45, 2.75) is 18.9 Å². The number of likely N-dealkylation sites (N-methyl/N-ethyl adjacent to an activating group) is 1. The molecule has 1 saturated heterocycles. The summed E-state index contributed by atoms with van der Waals surface area (Å²) in [6.07, 6.45) is 1.59. The minimum Gasteiger partial charge on any atom is -0.357 e. The quantitative estimate of drug-likeness (QED) is 0.568. The molecule has 0 aliphatic carbocycles. The van der Waals surface area contributed by atoms with Crippen molar-refractivity contribution in [3.8, 4) is 0 Å². The molecular weight excluding hydrogens is 146 g/mol. The van der Waals surface area contributed by atoms with Gasteiger partial charge in [0.2, 0.25) is 5.91 Å². The van der Waals surface area contributed by atoms with Crippen LogP contribution in [-0.4, -0.2) is 30.6 Å². The van der Waals surface area contributed by atoms with Gasteiger partial charge < -0.3 is 5.32 Å². The molecule has 5 heteroatoms. The van der Waals surface area contributed by atoms with E-state index in [4.69, 9.17) is 0 Å². The van der Waals surface area contributed by atoms with E-state index in [1.165, 1.54) is 5.01 Å². The third kappa shape index (κ3) is 1.47. The molecule has 1 atom stereocenters. The second kappa shape index (κ2) is 3.32. The Labute approximate surface area is 64.7 Å². The van der Waals surface area contributed by atoms with Crippen molar-refractivity contribution < 1.29 is 4.79 Å². The van der Waals surface area contributed by atoms with Gasteiger partial charge in [0, 0.05) is 13.6 Å². The van der Waals surface area contributed by atoms with Crippen LogP contribution in [0.3, 0.4) is 0 Å². The normalized spacial score (nSPS) is 23.4. The van der Waals surface area contributed by atoms with Crippen molar-refractivity contribution in [3.63, 3.8) is 0 Å². The summed E-state index contributed by atoms with van der Waals surface area (Å²) in [5.74, 6) is -0.123. The fourth-order valence-electron chi connectivity index (χ4n) is 1.28. The Morgan fingerprint density at radius 3 is 3.00 bits per heavy atom. The van der Waals surface area contributed by atoms with E-state index in [-0.39, 0.29) is 11.9 Å². The predicted octanol–water partition coefficient (Wildman–Crippen LogP) is -0.122. The molecule has 1 fully saturated rings. The maximum atomic E-state index is 11.0. The van der Waals surface area contributed by atoms with Crippen LogP contribution >= 0.6 is 0 Å². The molecule has 11 heavy (non-hydrogen) atoms. The molecule has 1 rings (SSSR count). The van der Waals surface area contributed by atoms with Gasteiger partial charge in [-0.2, -0.15) is 0 Å². The smallest absolute Gasteiger partial charge is 0.244 e. The fourth-order valence-corrected chi connectivity index (χ4v) is 1.28. The molecule has 0 spiro atoms. The predicted molar refractivity (Wildman–Crippen MR) is 39.6 cm³/mol. The summed E-state index contributed by atoms with van der Waals surface area (Å²) in [7, 11) is 1.56. The number of hydrogen-bond acceptors (Lipinski definition) is 3. The van der Waals surface area contributed by atoms with Crippen molar-refractivity contribution in [2.24, 2.45) is 5.29 Å². The first-order chi connectivity index (χ1) is 5.29. The third-order valence-electron chi connectivity index (χ3n) is 1.88. The second-order valence-electron chi connectivity index (χ2n) is 2.52. The largest absolute Gasteiger partial charge is 0.357 e. The zero-order valence-corrected chi connectivity index (χ0v) is 6.41. The highest BCUT2D eigenvalue weighted by molar-refractivity contribution is 5.81. The zero-order valence-electron chi connectivity index (χ0n) is 6.41. The second-order valence-corrected chi connectivity index (χ2v) is 2.52. The maximum Gasteiger partial charge on any atom is 0.244 e. The van der Waals surface area contributed by atoms with Gasteiger partial charge in [0.25, 0.3) is 0 Å². The summed E-state index contributed by atoms with van der Waals surface area (Å²) in [5, 5.41) is 6.54. The minimum absolute atomic E-state index is 0.123. The highest BCUT2D eigenvalue weighted by Crippen LogP contribution is 2.16. The molecule has 0 aromatic rings. The van der Waals surface area contributed by atoms with Crippen LogP contribution in [-0.2, 0) is 4.79 Å². The molecule has 0 radical (unpaired) electrons. The van der Waals surface area contributed by atoms with E-state index in [1.807, 2.05) is 0 Å². The fraction of sp³-hybridized carbons (Fsp3) is 0.833. The maximum absolute atomic E-state index is 11.0. The Kier molecular flexibility index (Phi) is 2.40. The summed E-state index contributed by atoms with van der Waals surface area (Å²) in [6.45, 7) is 0.599. The van der Waals surface area contributed by atoms with E-state index in [1.54, 1.807) is 7.05 Å². The van der Waals surface area contributed by atoms with Gasteiger partial charge in [0.1, 0.15) is 6.04 Å². The van der Waals surface area contributed by atoms with E-state index < -0.39 is 0 Å². The summed E-state index contributed by atoms with van der Waals surface area (Å²) in [5.41, 5.74) is 0. The lowest BCUT2D eigenvalue weighted by molar-refractivity contribution is -0.124. The Morgan fingerprint density at radius 1 is 1.73 bits per heavy atom. The van der Waals surface area contributed by atoms with Gasteiger partial charge in [-0.05, 0) is 12.8 Å². The van der Waals surface area contributed by atoms with Crippen LogP contribution in [0, 0.1) is 4.91 Å². The molecule has 1 unspecified atom stereocenters. The van der Waals surface area contributed by atoms with Crippen LogP contribution in [0.4, 0.5) is 0 Å². The van der Waals surface area contributed by atoms with Crippen molar-refractivity contribution >= 4 is 5.91 Å². The van der Waals surface area contributed by atoms with Gasteiger partial charge in [-0.1, -0.05) is 0 Å². The molecule has 1 amide bonds. The van der Waals surface area contributed by atoms with E-state index in [9.17, 15) is 9.70 Å². The van der Waals surface area contributed by atoms with Crippen LogP contribution in [0.2, 0.25) is 0 Å². The summed E-state index contributed by atoms with van der Waals surface area (Å²) >= 11 is 0. The number of nitrogens with one attached hydrogen (secondary N) is 1. The van der Waals surface area contributed by atoms with Crippen molar-refractivity contribution in [2.75, 3.05) is 13.6 Å². The minimum atomic E-state index is -0.336. The van der Waals surface area contributed by atoms with Gasteiger partial charge in [-0.15, -0.1) is 4.91 Å². The third-order valence-corrected chi connectivity index (χ3v) is 1.88. The van der Waals surface area contributed by atoms with Gasteiger partial charge in [-0.3, -0.25) is 4.79 Å². The highest BCUT2D eigenvalue weighted by Gasteiger charge is 2.29.